The van der Waals surface area contributed by atoms with Crippen LogP contribution in [0.1, 0.15) is 12.8 Å². The molecule has 0 atom stereocenters. The summed E-state index contributed by atoms with van der Waals surface area (Å²) in [6.45, 7) is 5.30. The zero-order valence-electron chi connectivity index (χ0n) is 21.3. The summed E-state index contributed by atoms with van der Waals surface area (Å²) in [5, 5.41) is 3.45. The number of benzene rings is 1. The van der Waals surface area contributed by atoms with Crippen LogP contribution in [-0.4, -0.2) is 81.8 Å². The third-order valence-electron chi connectivity index (χ3n) is 6.96. The number of carbonyl (C=O) groups is 1. The minimum Gasteiger partial charge on any atom is -0.481 e. The lowest BCUT2D eigenvalue weighted by Gasteiger charge is -2.28. The van der Waals surface area contributed by atoms with Gasteiger partial charge in [0, 0.05) is 68.3 Å². The maximum absolute atomic E-state index is 12.1. The van der Waals surface area contributed by atoms with Crippen molar-refractivity contribution in [3.63, 3.8) is 0 Å². The van der Waals surface area contributed by atoms with Crippen molar-refractivity contribution in [3.05, 3.63) is 48.9 Å². The van der Waals surface area contributed by atoms with E-state index in [1.807, 2.05) is 27.7 Å². The number of pyridine rings is 1. The van der Waals surface area contributed by atoms with Crippen molar-refractivity contribution in [3.8, 4) is 17.3 Å². The van der Waals surface area contributed by atoms with Gasteiger partial charge in [-0.05, 0) is 36.8 Å². The summed E-state index contributed by atoms with van der Waals surface area (Å²) < 4.78 is 12.7. The smallest absolute Gasteiger partial charge is 0.222 e. The Morgan fingerprint density at radius 2 is 1.84 bits per heavy atom. The van der Waals surface area contributed by atoms with Gasteiger partial charge in [-0.15, -0.1) is 0 Å². The third-order valence-corrected chi connectivity index (χ3v) is 6.96. The highest BCUT2D eigenvalue weighted by Gasteiger charge is 2.21. The Morgan fingerprint density at radius 3 is 2.55 bits per heavy atom. The summed E-state index contributed by atoms with van der Waals surface area (Å²) >= 11 is 0. The number of morpholine rings is 1. The summed E-state index contributed by atoms with van der Waals surface area (Å²) in [5.41, 5.74) is 4.20. The van der Waals surface area contributed by atoms with Gasteiger partial charge in [-0.3, -0.25) is 4.79 Å². The van der Waals surface area contributed by atoms with Crippen LogP contribution < -0.4 is 15.0 Å². The number of methoxy groups -OCH3 is 1. The fourth-order valence-electron chi connectivity index (χ4n) is 4.84. The van der Waals surface area contributed by atoms with Gasteiger partial charge in [-0.25, -0.2) is 19.9 Å². The molecule has 0 saturated carbocycles. The van der Waals surface area contributed by atoms with E-state index in [0.717, 1.165) is 56.2 Å². The van der Waals surface area contributed by atoms with E-state index >= 15 is 0 Å². The highest BCUT2D eigenvalue weighted by atomic mass is 16.5. The lowest BCUT2D eigenvalue weighted by Crippen LogP contribution is -2.36. The number of nitrogens with one attached hydrogen (secondary N) is 1. The third kappa shape index (κ3) is 4.97. The van der Waals surface area contributed by atoms with Crippen molar-refractivity contribution in [2.24, 2.45) is 0 Å². The van der Waals surface area contributed by atoms with Gasteiger partial charge in [-0.2, -0.15) is 0 Å². The summed E-state index contributed by atoms with van der Waals surface area (Å²) in [7, 11) is 1.58. The maximum atomic E-state index is 12.1. The Labute approximate surface area is 220 Å². The zero-order valence-corrected chi connectivity index (χ0v) is 21.3. The Morgan fingerprint density at radius 1 is 1.00 bits per heavy atom. The van der Waals surface area contributed by atoms with E-state index in [2.05, 4.69) is 32.3 Å². The number of amides is 1. The minimum atomic E-state index is 0.205. The van der Waals surface area contributed by atoms with Crippen LogP contribution in [0.4, 0.5) is 17.2 Å². The van der Waals surface area contributed by atoms with Gasteiger partial charge in [-0.1, -0.05) is 0 Å². The number of fused-ring (bicyclic) bond motifs is 1. The Balaban J connectivity index is 1.32. The van der Waals surface area contributed by atoms with Gasteiger partial charge in [0.2, 0.25) is 11.8 Å². The second-order valence-electron chi connectivity index (χ2n) is 9.35. The minimum absolute atomic E-state index is 0.205. The first kappa shape index (κ1) is 24.1. The molecular formula is C27H30N8O3. The van der Waals surface area contributed by atoms with E-state index in [1.165, 1.54) is 0 Å². The molecule has 4 aromatic rings. The van der Waals surface area contributed by atoms with Crippen LogP contribution >= 0.6 is 0 Å². The Kier molecular flexibility index (Phi) is 6.74. The molecular weight excluding hydrogens is 484 g/mol. The molecule has 0 unspecified atom stereocenters. The number of rotatable bonds is 8. The summed E-state index contributed by atoms with van der Waals surface area (Å²) in [6, 6.07) is 12.0. The van der Waals surface area contributed by atoms with Crippen molar-refractivity contribution in [1.82, 2.24) is 29.4 Å². The predicted molar refractivity (Wildman–Crippen MR) is 144 cm³/mol. The molecule has 2 aliphatic rings. The monoisotopic (exact) mass is 514 g/mol. The molecule has 6 rings (SSSR count). The number of anilines is 3. The molecule has 5 heterocycles. The molecule has 2 saturated heterocycles. The molecule has 1 N–H and O–H groups in total. The van der Waals surface area contributed by atoms with E-state index < -0.39 is 0 Å². The van der Waals surface area contributed by atoms with Crippen molar-refractivity contribution in [2.75, 3.05) is 56.7 Å². The quantitative estimate of drug-likeness (QED) is 0.379. The van der Waals surface area contributed by atoms with Crippen LogP contribution in [0.5, 0.6) is 5.88 Å². The summed E-state index contributed by atoms with van der Waals surface area (Å²) in [5.74, 6) is 1.86. The van der Waals surface area contributed by atoms with Gasteiger partial charge >= 0.3 is 0 Å². The molecule has 2 aliphatic heterocycles. The average molecular weight is 515 g/mol. The normalized spacial score (nSPS) is 15.9. The number of hydrogen-bond acceptors (Lipinski definition) is 9. The Bertz CT molecular complexity index is 1420. The first-order valence-electron chi connectivity index (χ1n) is 12.9. The second-order valence-corrected chi connectivity index (χ2v) is 9.35. The molecule has 0 radical (unpaired) electrons. The van der Waals surface area contributed by atoms with Crippen LogP contribution in [0, 0.1) is 0 Å². The van der Waals surface area contributed by atoms with Crippen LogP contribution in [0.2, 0.25) is 0 Å². The van der Waals surface area contributed by atoms with Crippen LogP contribution in [-0.2, 0) is 16.1 Å². The molecule has 1 aromatic carbocycles. The topological polar surface area (TPSA) is 111 Å². The van der Waals surface area contributed by atoms with E-state index in [4.69, 9.17) is 19.4 Å². The number of carbonyl (C=O) groups excluding carboxylic acids is 1. The van der Waals surface area contributed by atoms with Crippen LogP contribution in [0.25, 0.3) is 22.6 Å². The lowest BCUT2D eigenvalue weighted by atomic mass is 10.2. The first-order chi connectivity index (χ1) is 18.7. The molecule has 0 spiro atoms. The predicted octanol–water partition coefficient (Wildman–Crippen LogP) is 3.10. The molecule has 38 heavy (non-hydrogen) atoms. The van der Waals surface area contributed by atoms with Crippen molar-refractivity contribution in [1.29, 1.82) is 0 Å². The van der Waals surface area contributed by atoms with E-state index in [9.17, 15) is 4.79 Å². The van der Waals surface area contributed by atoms with E-state index in [0.29, 0.717) is 48.2 Å². The van der Waals surface area contributed by atoms with Crippen LogP contribution in [0.3, 0.4) is 0 Å². The molecule has 2 fully saturated rings. The molecule has 3 aromatic heterocycles. The summed E-state index contributed by atoms with van der Waals surface area (Å²) in [6.07, 6.45) is 5.01. The van der Waals surface area contributed by atoms with E-state index in [-0.39, 0.29) is 5.91 Å². The molecule has 1 amide bonds. The molecule has 11 heteroatoms. The SMILES string of the molecule is COc1ccc(-c2nc(Nc3ccc(N4CCOCC4)cc3)c3ncn(CCN4CCCC4=O)c3n2)cn1. The number of nitrogens with zero attached hydrogens (tertiary/aromatic N) is 7. The summed E-state index contributed by atoms with van der Waals surface area (Å²) in [4.78, 5) is 35.0. The number of imidazole rings is 1. The average Bonchev–Trinajstić information content (AvgIpc) is 3.58. The van der Waals surface area contributed by atoms with Gasteiger partial charge in [0.25, 0.3) is 0 Å². The number of likely N-dealkylation sites (tertiary alicyclic amines) is 1. The van der Waals surface area contributed by atoms with Crippen LogP contribution in [0.15, 0.2) is 48.9 Å². The van der Waals surface area contributed by atoms with Gasteiger partial charge in [0.05, 0.1) is 26.7 Å². The number of hydrogen-bond donors (Lipinski definition) is 1. The van der Waals surface area contributed by atoms with Gasteiger partial charge < -0.3 is 29.2 Å². The molecule has 0 aliphatic carbocycles. The van der Waals surface area contributed by atoms with Crippen molar-refractivity contribution < 1.29 is 14.3 Å². The molecule has 0 bridgehead atoms. The van der Waals surface area contributed by atoms with Gasteiger partial charge in [0.15, 0.2) is 22.8 Å². The number of ether oxygens (including phenoxy) is 2. The van der Waals surface area contributed by atoms with Crippen molar-refractivity contribution >= 4 is 34.3 Å². The fourth-order valence-corrected chi connectivity index (χ4v) is 4.84. The van der Waals surface area contributed by atoms with Gasteiger partial charge in [0.1, 0.15) is 0 Å². The lowest BCUT2D eigenvalue weighted by molar-refractivity contribution is -0.127. The van der Waals surface area contributed by atoms with Crippen molar-refractivity contribution in [2.45, 2.75) is 19.4 Å². The Hall–Kier alpha value is -4.25. The molecule has 196 valence electrons. The second kappa shape index (κ2) is 10.6. The number of aromatic nitrogens is 5. The highest BCUT2D eigenvalue weighted by molar-refractivity contribution is 5.87. The largest absolute Gasteiger partial charge is 0.481 e. The first-order valence-corrected chi connectivity index (χ1v) is 12.9. The zero-order chi connectivity index (χ0) is 25.9. The fraction of sp³-hybridized carbons (Fsp3) is 0.370. The highest BCUT2D eigenvalue weighted by Crippen LogP contribution is 2.28. The molecule has 11 nitrogen and oxygen atoms in total. The maximum Gasteiger partial charge on any atom is 0.222 e. The van der Waals surface area contributed by atoms with E-state index in [1.54, 1.807) is 25.7 Å². The standard InChI is InChI=1S/C27H30N8O3/c1-37-22-9-4-19(17-28-22)25-31-26(30-20-5-7-21(8-6-20)33-13-15-38-16-14-33)24-27(32-25)35(18-29-24)12-11-34-10-2-3-23(34)36/h4-9,17-18H,2-3,10-16H2,1H3,(H,30,31,32).